The van der Waals surface area contributed by atoms with E-state index in [1.807, 2.05) is 42.5 Å². The number of fused-ring (bicyclic) bond motifs is 1. The molecule has 0 atom stereocenters. The zero-order valence-corrected chi connectivity index (χ0v) is 13.9. The SMILES string of the molecule is Cc1cc(Oc2ccc(Cl)c3ccccc23)ccc1CBr. The lowest BCUT2D eigenvalue weighted by atomic mass is 10.1. The zero-order valence-electron chi connectivity index (χ0n) is 11.6. The summed E-state index contributed by atoms with van der Waals surface area (Å²) >= 11 is 9.72. The number of hydrogen-bond acceptors (Lipinski definition) is 1. The van der Waals surface area contributed by atoms with Gasteiger partial charge in [0.2, 0.25) is 0 Å². The number of rotatable bonds is 3. The molecular formula is C18H14BrClO. The Morgan fingerprint density at radius 3 is 2.48 bits per heavy atom. The molecule has 106 valence electrons. The molecule has 0 aliphatic heterocycles. The van der Waals surface area contributed by atoms with Crippen LogP contribution in [0.2, 0.25) is 5.02 Å². The van der Waals surface area contributed by atoms with Gasteiger partial charge in [-0.2, -0.15) is 0 Å². The van der Waals surface area contributed by atoms with E-state index < -0.39 is 0 Å². The second-order valence-electron chi connectivity index (χ2n) is 4.92. The molecule has 0 aromatic heterocycles. The van der Waals surface area contributed by atoms with Crippen molar-refractivity contribution >= 4 is 38.3 Å². The Morgan fingerprint density at radius 2 is 1.76 bits per heavy atom. The second kappa shape index (κ2) is 6.08. The minimum absolute atomic E-state index is 0.740. The van der Waals surface area contributed by atoms with Crippen molar-refractivity contribution < 1.29 is 4.74 Å². The molecule has 3 rings (SSSR count). The third kappa shape index (κ3) is 2.92. The van der Waals surface area contributed by atoms with Crippen molar-refractivity contribution in [3.63, 3.8) is 0 Å². The van der Waals surface area contributed by atoms with Crippen molar-refractivity contribution in [2.75, 3.05) is 0 Å². The number of alkyl halides is 1. The topological polar surface area (TPSA) is 9.23 Å². The van der Waals surface area contributed by atoms with E-state index in [0.717, 1.165) is 32.6 Å². The van der Waals surface area contributed by atoms with Crippen LogP contribution in [0.5, 0.6) is 11.5 Å². The number of ether oxygens (including phenoxy) is 1. The summed E-state index contributed by atoms with van der Waals surface area (Å²) < 4.78 is 6.05. The molecule has 3 aromatic carbocycles. The number of halogens is 2. The van der Waals surface area contributed by atoms with Crippen molar-refractivity contribution in [3.8, 4) is 11.5 Å². The van der Waals surface area contributed by atoms with Crippen LogP contribution in [0.4, 0.5) is 0 Å². The van der Waals surface area contributed by atoms with Gasteiger partial charge in [0, 0.05) is 21.1 Å². The van der Waals surface area contributed by atoms with E-state index in [2.05, 4.69) is 35.0 Å². The summed E-state index contributed by atoms with van der Waals surface area (Å²) in [5, 5.41) is 3.62. The van der Waals surface area contributed by atoms with E-state index >= 15 is 0 Å². The fourth-order valence-electron chi connectivity index (χ4n) is 2.33. The number of hydrogen-bond donors (Lipinski definition) is 0. The van der Waals surface area contributed by atoms with Gasteiger partial charge in [0.15, 0.2) is 0 Å². The largest absolute Gasteiger partial charge is 0.457 e. The molecule has 3 heteroatoms. The first-order valence-corrected chi connectivity index (χ1v) is 8.19. The molecule has 0 saturated carbocycles. The number of aryl methyl sites for hydroxylation is 1. The van der Waals surface area contributed by atoms with E-state index in [-0.39, 0.29) is 0 Å². The molecule has 0 unspecified atom stereocenters. The van der Waals surface area contributed by atoms with E-state index in [1.54, 1.807) is 0 Å². The fraction of sp³-hybridized carbons (Fsp3) is 0.111. The molecule has 0 fully saturated rings. The summed E-state index contributed by atoms with van der Waals surface area (Å²) in [5.41, 5.74) is 2.48. The smallest absolute Gasteiger partial charge is 0.135 e. The van der Waals surface area contributed by atoms with Crippen LogP contribution in [0.3, 0.4) is 0 Å². The molecular weight excluding hydrogens is 348 g/mol. The molecule has 0 saturated heterocycles. The summed E-state index contributed by atoms with van der Waals surface area (Å²) in [5.74, 6) is 1.66. The van der Waals surface area contributed by atoms with Crippen LogP contribution in [0.15, 0.2) is 54.6 Å². The van der Waals surface area contributed by atoms with Gasteiger partial charge in [-0.25, -0.2) is 0 Å². The molecule has 0 heterocycles. The molecule has 0 aliphatic carbocycles. The van der Waals surface area contributed by atoms with Gasteiger partial charge in [-0.15, -0.1) is 0 Å². The minimum atomic E-state index is 0.740. The van der Waals surface area contributed by atoms with Crippen LogP contribution in [0.1, 0.15) is 11.1 Å². The summed E-state index contributed by atoms with van der Waals surface area (Å²) in [6.07, 6.45) is 0. The van der Waals surface area contributed by atoms with Gasteiger partial charge >= 0.3 is 0 Å². The van der Waals surface area contributed by atoms with Crippen molar-refractivity contribution in [2.24, 2.45) is 0 Å². The van der Waals surface area contributed by atoms with Crippen LogP contribution in [0, 0.1) is 6.92 Å². The lowest BCUT2D eigenvalue weighted by molar-refractivity contribution is 0.488. The lowest BCUT2D eigenvalue weighted by Crippen LogP contribution is -1.89. The Hall–Kier alpha value is -1.51. The van der Waals surface area contributed by atoms with Gasteiger partial charge < -0.3 is 4.74 Å². The Bertz CT molecular complexity index is 798. The van der Waals surface area contributed by atoms with Gasteiger partial charge in [0.05, 0.1) is 0 Å². The predicted octanol–water partition coefficient (Wildman–Crippen LogP) is 6.49. The summed E-state index contributed by atoms with van der Waals surface area (Å²) in [6, 6.07) is 17.9. The van der Waals surface area contributed by atoms with Gasteiger partial charge in [0.1, 0.15) is 11.5 Å². The van der Waals surface area contributed by atoms with Crippen LogP contribution >= 0.6 is 27.5 Å². The van der Waals surface area contributed by atoms with Crippen LogP contribution in [0.25, 0.3) is 10.8 Å². The highest BCUT2D eigenvalue weighted by atomic mass is 79.9. The monoisotopic (exact) mass is 360 g/mol. The normalized spacial score (nSPS) is 10.8. The summed E-state index contributed by atoms with van der Waals surface area (Å²) in [7, 11) is 0. The molecule has 0 aliphatic rings. The first kappa shape index (κ1) is 14.4. The minimum Gasteiger partial charge on any atom is -0.457 e. The number of benzene rings is 3. The van der Waals surface area contributed by atoms with Crippen molar-refractivity contribution in [1.29, 1.82) is 0 Å². The van der Waals surface area contributed by atoms with Crippen molar-refractivity contribution in [3.05, 3.63) is 70.7 Å². The van der Waals surface area contributed by atoms with Crippen molar-refractivity contribution in [1.82, 2.24) is 0 Å². The lowest BCUT2D eigenvalue weighted by Gasteiger charge is -2.11. The van der Waals surface area contributed by atoms with Gasteiger partial charge in [-0.05, 0) is 42.3 Å². The highest BCUT2D eigenvalue weighted by molar-refractivity contribution is 9.08. The highest BCUT2D eigenvalue weighted by Crippen LogP contribution is 2.34. The van der Waals surface area contributed by atoms with E-state index in [0.29, 0.717) is 0 Å². The third-order valence-electron chi connectivity index (χ3n) is 3.52. The van der Waals surface area contributed by atoms with Crippen LogP contribution < -0.4 is 4.74 Å². The zero-order chi connectivity index (χ0) is 14.8. The molecule has 0 spiro atoms. The molecule has 0 bridgehead atoms. The van der Waals surface area contributed by atoms with E-state index in [9.17, 15) is 0 Å². The van der Waals surface area contributed by atoms with Gasteiger partial charge in [0.25, 0.3) is 0 Å². The molecule has 1 nitrogen and oxygen atoms in total. The van der Waals surface area contributed by atoms with E-state index in [4.69, 9.17) is 16.3 Å². The fourth-order valence-corrected chi connectivity index (χ4v) is 3.19. The standard InChI is InChI=1S/C18H14BrClO/c1-12-10-14(7-6-13(12)11-19)21-18-9-8-17(20)15-4-2-3-5-16(15)18/h2-10H,11H2,1H3. The maximum Gasteiger partial charge on any atom is 0.135 e. The maximum absolute atomic E-state index is 6.24. The van der Waals surface area contributed by atoms with E-state index in [1.165, 1.54) is 11.1 Å². The Kier molecular flexibility index (Phi) is 4.18. The average Bonchev–Trinajstić information content (AvgIpc) is 2.51. The first-order chi connectivity index (χ1) is 10.2. The Balaban J connectivity index is 2.02. The highest BCUT2D eigenvalue weighted by Gasteiger charge is 2.07. The predicted molar refractivity (Wildman–Crippen MR) is 92.8 cm³/mol. The van der Waals surface area contributed by atoms with Crippen LogP contribution in [-0.2, 0) is 5.33 Å². The first-order valence-electron chi connectivity index (χ1n) is 6.69. The molecule has 3 aromatic rings. The summed E-state index contributed by atoms with van der Waals surface area (Å²) in [4.78, 5) is 0. The summed E-state index contributed by atoms with van der Waals surface area (Å²) in [6.45, 7) is 2.09. The molecule has 0 radical (unpaired) electrons. The quantitative estimate of drug-likeness (QED) is 0.484. The maximum atomic E-state index is 6.24. The second-order valence-corrected chi connectivity index (χ2v) is 5.88. The molecule has 21 heavy (non-hydrogen) atoms. The Morgan fingerprint density at radius 1 is 1.00 bits per heavy atom. The average molecular weight is 362 g/mol. The van der Waals surface area contributed by atoms with Crippen molar-refractivity contribution in [2.45, 2.75) is 12.3 Å². The third-order valence-corrected chi connectivity index (χ3v) is 4.45. The molecule has 0 amide bonds. The van der Waals surface area contributed by atoms with Crippen LogP contribution in [-0.4, -0.2) is 0 Å². The van der Waals surface area contributed by atoms with Gasteiger partial charge in [-0.1, -0.05) is 57.9 Å². The van der Waals surface area contributed by atoms with Gasteiger partial charge in [-0.3, -0.25) is 0 Å². The Labute approximate surface area is 137 Å². The molecule has 0 N–H and O–H groups in total.